The van der Waals surface area contributed by atoms with Gasteiger partial charge >= 0.3 is 5.97 Å². The number of hydrogen-bond acceptors (Lipinski definition) is 5. The molecule has 0 aromatic heterocycles. The molecule has 6 atom stereocenters. The van der Waals surface area contributed by atoms with Crippen LogP contribution in [0.25, 0.3) is 0 Å². The van der Waals surface area contributed by atoms with Gasteiger partial charge in [-0.1, -0.05) is 19.4 Å². The number of allylic oxidation sites excluding steroid dienone is 3. The number of carbonyl (C=O) groups excluding carboxylic acids is 3. The zero-order chi connectivity index (χ0) is 20.3. The Kier molecular flexibility index (Phi) is 4.55. The van der Waals surface area contributed by atoms with Crippen LogP contribution in [0.3, 0.4) is 0 Å². The van der Waals surface area contributed by atoms with E-state index in [0.29, 0.717) is 31.0 Å². The molecule has 0 spiro atoms. The topological polar surface area (TPSA) is 80.7 Å². The first kappa shape index (κ1) is 19.4. The van der Waals surface area contributed by atoms with Crippen molar-refractivity contribution >= 4 is 18.0 Å². The largest absolute Gasteiger partial charge is 0.505 e. The van der Waals surface area contributed by atoms with Crippen LogP contribution in [0, 0.1) is 28.6 Å². The van der Waals surface area contributed by atoms with Gasteiger partial charge in [-0.3, -0.25) is 14.4 Å². The molecule has 4 rings (SSSR count). The van der Waals surface area contributed by atoms with E-state index in [2.05, 4.69) is 13.8 Å². The Morgan fingerprint density at radius 3 is 2.64 bits per heavy atom. The third-order valence-corrected chi connectivity index (χ3v) is 8.40. The van der Waals surface area contributed by atoms with Crippen molar-refractivity contribution < 1.29 is 24.2 Å². The third-order valence-electron chi connectivity index (χ3n) is 8.40. The quantitative estimate of drug-likeness (QED) is 0.335. The molecule has 0 bridgehead atoms. The van der Waals surface area contributed by atoms with Gasteiger partial charge < -0.3 is 9.84 Å². The number of esters is 1. The van der Waals surface area contributed by atoms with E-state index in [1.54, 1.807) is 0 Å². The minimum Gasteiger partial charge on any atom is -0.505 e. The molecular formula is C23H30O5. The van der Waals surface area contributed by atoms with Crippen molar-refractivity contribution in [3.8, 4) is 0 Å². The Hall–Kier alpha value is -1.91. The average molecular weight is 386 g/mol. The van der Waals surface area contributed by atoms with Crippen molar-refractivity contribution in [1.82, 2.24) is 0 Å². The summed E-state index contributed by atoms with van der Waals surface area (Å²) in [6.45, 7) is 5.82. The number of ketones is 1. The van der Waals surface area contributed by atoms with E-state index in [-0.39, 0.29) is 40.4 Å². The van der Waals surface area contributed by atoms with Gasteiger partial charge in [0.2, 0.25) is 0 Å². The van der Waals surface area contributed by atoms with Crippen LogP contribution in [0.5, 0.6) is 0 Å². The number of rotatable bonds is 2. The molecule has 0 saturated heterocycles. The van der Waals surface area contributed by atoms with Crippen LogP contribution in [-0.4, -0.2) is 29.2 Å². The summed E-state index contributed by atoms with van der Waals surface area (Å²) in [4.78, 5) is 35.3. The van der Waals surface area contributed by atoms with E-state index in [4.69, 9.17) is 4.74 Å². The van der Waals surface area contributed by atoms with E-state index in [1.807, 2.05) is 6.08 Å². The Balaban J connectivity index is 1.80. The summed E-state index contributed by atoms with van der Waals surface area (Å²) >= 11 is 0. The summed E-state index contributed by atoms with van der Waals surface area (Å²) in [5.41, 5.74) is 1.59. The maximum Gasteiger partial charge on any atom is 0.302 e. The molecule has 3 fully saturated rings. The molecular weight excluding hydrogens is 356 g/mol. The number of ether oxygens (including phenoxy) is 1. The highest BCUT2D eigenvalue weighted by atomic mass is 16.5. The molecule has 0 unspecified atom stereocenters. The molecule has 1 N–H and O–H groups in total. The Morgan fingerprint density at radius 2 is 1.96 bits per heavy atom. The molecule has 0 radical (unpaired) electrons. The van der Waals surface area contributed by atoms with Gasteiger partial charge in [0.25, 0.3) is 0 Å². The highest BCUT2D eigenvalue weighted by Gasteiger charge is 2.62. The van der Waals surface area contributed by atoms with Crippen molar-refractivity contribution in [2.24, 2.45) is 28.6 Å². The van der Waals surface area contributed by atoms with Gasteiger partial charge in [0.05, 0.1) is 0 Å². The summed E-state index contributed by atoms with van der Waals surface area (Å²) in [5.74, 6) is 0.669. The molecule has 3 saturated carbocycles. The first-order valence-electron chi connectivity index (χ1n) is 10.5. The number of hydrogen-bond donors (Lipinski definition) is 1. The van der Waals surface area contributed by atoms with Gasteiger partial charge in [0, 0.05) is 19.3 Å². The maximum absolute atomic E-state index is 12.0. The summed E-state index contributed by atoms with van der Waals surface area (Å²) in [6, 6.07) is 0. The van der Waals surface area contributed by atoms with Gasteiger partial charge in [0.1, 0.15) is 6.10 Å². The standard InChI is InChI=1S/C23H30O5/c1-13(25)28-20-11-23(3)17(6-7-18(23)19(27)12-24)16-5-4-14-10-15(26)8-9-22(14,2)21(16)20/h10,12,16-17,20-21,27H,4-9,11H2,1-3H3/t16-,17-,20-,21+,22-,23-/m0/s1. The van der Waals surface area contributed by atoms with Gasteiger partial charge in [0.15, 0.2) is 17.8 Å². The van der Waals surface area contributed by atoms with E-state index in [0.717, 1.165) is 37.7 Å². The lowest BCUT2D eigenvalue weighted by Gasteiger charge is -2.59. The Morgan fingerprint density at radius 1 is 1.21 bits per heavy atom. The minimum absolute atomic E-state index is 0.128. The molecule has 5 nitrogen and oxygen atoms in total. The van der Waals surface area contributed by atoms with Crippen LogP contribution in [0.1, 0.15) is 65.7 Å². The average Bonchev–Trinajstić information content (AvgIpc) is 2.97. The molecule has 4 aliphatic carbocycles. The second-order valence-corrected chi connectivity index (χ2v) is 9.68. The molecule has 0 aromatic carbocycles. The van der Waals surface area contributed by atoms with Crippen LogP contribution >= 0.6 is 0 Å². The molecule has 0 aromatic rings. The van der Waals surface area contributed by atoms with Crippen molar-refractivity contribution in [3.63, 3.8) is 0 Å². The number of fused-ring (bicyclic) bond motifs is 5. The number of aldehydes is 1. The summed E-state index contributed by atoms with van der Waals surface area (Å²) < 4.78 is 5.89. The van der Waals surface area contributed by atoms with E-state index >= 15 is 0 Å². The van der Waals surface area contributed by atoms with Crippen molar-refractivity contribution in [3.05, 3.63) is 23.0 Å². The normalized spacial score (nSPS) is 44.0. The highest BCUT2D eigenvalue weighted by Crippen LogP contribution is 2.67. The second-order valence-electron chi connectivity index (χ2n) is 9.68. The zero-order valence-corrected chi connectivity index (χ0v) is 17.0. The van der Waals surface area contributed by atoms with Crippen LogP contribution in [0.15, 0.2) is 23.0 Å². The lowest BCUT2D eigenvalue weighted by atomic mass is 9.46. The van der Waals surface area contributed by atoms with E-state index < -0.39 is 0 Å². The van der Waals surface area contributed by atoms with Crippen molar-refractivity contribution in [1.29, 1.82) is 0 Å². The van der Waals surface area contributed by atoms with Gasteiger partial charge in [-0.05, 0) is 72.8 Å². The lowest BCUT2D eigenvalue weighted by molar-refractivity contribution is -0.170. The third kappa shape index (κ3) is 2.69. The SMILES string of the molecule is CC(=O)O[C@H]1C[C@]2(C)C(=C(O)C=O)CC[C@H]2[C@@H]2CCC3=CC(=O)CC[C@]3(C)[C@H]21. The van der Waals surface area contributed by atoms with Gasteiger partial charge in [-0.2, -0.15) is 0 Å². The first-order chi connectivity index (χ1) is 13.2. The monoisotopic (exact) mass is 386 g/mol. The van der Waals surface area contributed by atoms with Crippen LogP contribution in [0.2, 0.25) is 0 Å². The van der Waals surface area contributed by atoms with E-state index in [9.17, 15) is 19.5 Å². The maximum atomic E-state index is 12.0. The smallest absolute Gasteiger partial charge is 0.302 e. The molecule has 0 amide bonds. The fourth-order valence-corrected chi connectivity index (χ4v) is 7.28. The number of aliphatic hydroxyl groups is 1. The number of aliphatic hydroxyl groups excluding tert-OH is 1. The highest BCUT2D eigenvalue weighted by molar-refractivity contribution is 5.91. The molecule has 0 aliphatic heterocycles. The van der Waals surface area contributed by atoms with Gasteiger partial charge in [-0.25, -0.2) is 0 Å². The fourth-order valence-electron chi connectivity index (χ4n) is 7.28. The predicted octanol–water partition coefficient (Wildman–Crippen LogP) is 4.07. The Labute approximate surface area is 166 Å². The van der Waals surface area contributed by atoms with Gasteiger partial charge in [-0.15, -0.1) is 0 Å². The van der Waals surface area contributed by atoms with Crippen LogP contribution < -0.4 is 0 Å². The summed E-state index contributed by atoms with van der Waals surface area (Å²) in [5, 5.41) is 10.3. The van der Waals surface area contributed by atoms with Crippen LogP contribution in [-0.2, 0) is 19.1 Å². The summed E-state index contributed by atoms with van der Waals surface area (Å²) in [7, 11) is 0. The molecule has 5 heteroatoms. The molecule has 28 heavy (non-hydrogen) atoms. The van der Waals surface area contributed by atoms with E-state index in [1.165, 1.54) is 12.5 Å². The number of carbonyl (C=O) groups is 3. The molecule has 152 valence electrons. The predicted molar refractivity (Wildman–Crippen MR) is 103 cm³/mol. The first-order valence-corrected chi connectivity index (χ1v) is 10.5. The summed E-state index contributed by atoms with van der Waals surface area (Å²) in [6.07, 6.45) is 7.65. The van der Waals surface area contributed by atoms with Crippen molar-refractivity contribution in [2.45, 2.75) is 71.8 Å². The molecule has 0 heterocycles. The molecule has 4 aliphatic rings. The second kappa shape index (κ2) is 6.57. The minimum atomic E-state index is -0.325. The van der Waals surface area contributed by atoms with Crippen LogP contribution in [0.4, 0.5) is 0 Å². The fraction of sp³-hybridized carbons (Fsp3) is 0.696. The van der Waals surface area contributed by atoms with Crippen molar-refractivity contribution in [2.75, 3.05) is 0 Å². The lowest BCUT2D eigenvalue weighted by Crippen LogP contribution is -2.56. The Bertz CT molecular complexity index is 793. The zero-order valence-electron chi connectivity index (χ0n) is 17.0.